The minimum absolute atomic E-state index is 0.0608. The summed E-state index contributed by atoms with van der Waals surface area (Å²) in [4.78, 5) is 1.64. The molecule has 1 aliphatic rings. The molecule has 1 heterocycles. The van der Waals surface area contributed by atoms with Gasteiger partial charge in [0.25, 0.3) is 0 Å². The fourth-order valence-electron chi connectivity index (χ4n) is 2.10. The third-order valence-electron chi connectivity index (χ3n) is 3.18. The van der Waals surface area contributed by atoms with Crippen molar-refractivity contribution < 1.29 is 12.8 Å². The Kier molecular flexibility index (Phi) is 4.25. The summed E-state index contributed by atoms with van der Waals surface area (Å²) in [6, 6.07) is 4.38. The molecule has 1 aromatic carbocycles. The van der Waals surface area contributed by atoms with Crippen molar-refractivity contribution in [3.63, 3.8) is 0 Å². The third kappa shape index (κ3) is 2.97. The zero-order valence-corrected chi connectivity index (χ0v) is 12.3. The molecule has 2 N–H and O–H groups in total. The van der Waals surface area contributed by atoms with E-state index in [9.17, 15) is 12.8 Å². The highest BCUT2D eigenvalue weighted by molar-refractivity contribution is 8.01. The van der Waals surface area contributed by atoms with Gasteiger partial charge in [0.2, 0.25) is 0 Å². The van der Waals surface area contributed by atoms with Crippen LogP contribution in [0.3, 0.4) is 0 Å². The molecule has 1 atom stereocenters. The van der Waals surface area contributed by atoms with E-state index in [2.05, 4.69) is 0 Å². The van der Waals surface area contributed by atoms with Crippen LogP contribution >= 0.6 is 11.8 Å². The maximum atomic E-state index is 14.0. The van der Waals surface area contributed by atoms with Crippen LogP contribution in [0, 0.1) is 5.82 Å². The second-order valence-electron chi connectivity index (χ2n) is 4.39. The summed E-state index contributed by atoms with van der Waals surface area (Å²) >= 11 is 1.58. The van der Waals surface area contributed by atoms with Crippen LogP contribution < -0.4 is 10.6 Å². The Morgan fingerprint density at radius 2 is 2.26 bits per heavy atom. The van der Waals surface area contributed by atoms with Crippen LogP contribution in [0.1, 0.15) is 6.92 Å². The predicted molar refractivity (Wildman–Crippen MR) is 78.7 cm³/mol. The van der Waals surface area contributed by atoms with E-state index in [4.69, 9.17) is 5.73 Å². The van der Waals surface area contributed by atoms with Crippen LogP contribution in [-0.4, -0.2) is 37.6 Å². The van der Waals surface area contributed by atoms with Gasteiger partial charge in [-0.25, -0.2) is 12.8 Å². The minimum Gasteiger partial charge on any atom is -0.399 e. The van der Waals surface area contributed by atoms with Gasteiger partial charge >= 0.3 is 0 Å². The number of nitrogens with two attached hydrogens (primary N) is 1. The number of anilines is 2. The molecule has 0 amide bonds. The Hall–Kier alpha value is -0.950. The number of halogens is 1. The quantitative estimate of drug-likeness (QED) is 0.862. The first kappa shape index (κ1) is 14.5. The van der Waals surface area contributed by atoms with Gasteiger partial charge in [-0.3, -0.25) is 0 Å². The average Bonchev–Trinajstić information content (AvgIpc) is 2.39. The number of hydrogen-bond donors (Lipinski definition) is 1. The van der Waals surface area contributed by atoms with Crippen molar-refractivity contribution in [1.29, 1.82) is 0 Å². The monoisotopic (exact) mass is 304 g/mol. The van der Waals surface area contributed by atoms with Gasteiger partial charge in [-0.05, 0) is 18.2 Å². The van der Waals surface area contributed by atoms with Crippen molar-refractivity contribution in [3.05, 3.63) is 24.0 Å². The van der Waals surface area contributed by atoms with E-state index in [1.54, 1.807) is 35.7 Å². The van der Waals surface area contributed by atoms with E-state index >= 15 is 0 Å². The Morgan fingerprint density at radius 3 is 2.89 bits per heavy atom. The van der Waals surface area contributed by atoms with Gasteiger partial charge < -0.3 is 10.6 Å². The molecule has 106 valence electrons. The molecule has 19 heavy (non-hydrogen) atoms. The molecule has 0 spiro atoms. The zero-order chi connectivity index (χ0) is 14.0. The molecule has 1 aromatic rings. The lowest BCUT2D eigenvalue weighted by Crippen LogP contribution is -2.48. The van der Waals surface area contributed by atoms with E-state index < -0.39 is 21.0 Å². The zero-order valence-electron chi connectivity index (χ0n) is 10.7. The van der Waals surface area contributed by atoms with E-state index in [1.807, 2.05) is 0 Å². The predicted octanol–water partition coefficient (Wildman–Crippen LogP) is 1.72. The van der Waals surface area contributed by atoms with Crippen LogP contribution in [-0.2, 0) is 9.84 Å². The SMILES string of the molecule is CCS(=O)(=O)C1CSCCN1c1ccc(N)cc1F. The molecule has 0 radical (unpaired) electrons. The lowest BCUT2D eigenvalue weighted by atomic mass is 10.2. The first-order chi connectivity index (χ1) is 8.95. The van der Waals surface area contributed by atoms with Crippen LogP contribution in [0.25, 0.3) is 0 Å². The summed E-state index contributed by atoms with van der Waals surface area (Å²) in [5, 5.41) is -0.658. The maximum Gasteiger partial charge on any atom is 0.171 e. The van der Waals surface area contributed by atoms with Gasteiger partial charge in [-0.2, -0.15) is 11.8 Å². The van der Waals surface area contributed by atoms with Crippen LogP contribution in [0.5, 0.6) is 0 Å². The lowest BCUT2D eigenvalue weighted by molar-refractivity contribution is 0.574. The standard InChI is InChI=1S/C12H17FN2O2S2/c1-2-19(16,17)12-8-18-6-5-15(12)11-4-3-9(14)7-10(11)13/h3-4,7,12H,2,5-6,8,14H2,1H3. The normalized spacial score (nSPS) is 20.5. The molecule has 0 aliphatic carbocycles. The van der Waals surface area contributed by atoms with Gasteiger partial charge in [0.1, 0.15) is 11.2 Å². The fourth-order valence-corrected chi connectivity index (χ4v) is 5.09. The van der Waals surface area contributed by atoms with E-state index in [0.29, 0.717) is 23.7 Å². The fraction of sp³-hybridized carbons (Fsp3) is 0.500. The van der Waals surface area contributed by atoms with Crippen molar-refractivity contribution in [2.45, 2.75) is 12.3 Å². The Balaban J connectivity index is 2.40. The number of thioether (sulfide) groups is 1. The third-order valence-corrected chi connectivity index (χ3v) is 6.47. The average molecular weight is 304 g/mol. The van der Waals surface area contributed by atoms with Gasteiger partial charge in [0.15, 0.2) is 9.84 Å². The van der Waals surface area contributed by atoms with Crippen molar-refractivity contribution in [3.8, 4) is 0 Å². The molecule has 1 aliphatic heterocycles. The molecule has 0 bridgehead atoms. The molecule has 0 saturated carbocycles. The molecule has 7 heteroatoms. The highest BCUT2D eigenvalue weighted by Crippen LogP contribution is 2.30. The van der Waals surface area contributed by atoms with Gasteiger partial charge in [0, 0.05) is 29.5 Å². The second kappa shape index (κ2) is 5.58. The van der Waals surface area contributed by atoms with Gasteiger partial charge in [0.05, 0.1) is 5.69 Å². The Bertz CT molecular complexity index is 563. The first-order valence-electron chi connectivity index (χ1n) is 6.06. The van der Waals surface area contributed by atoms with Crippen molar-refractivity contribution >= 4 is 33.0 Å². The number of nitrogen functional groups attached to an aromatic ring is 1. The summed E-state index contributed by atoms with van der Waals surface area (Å²) in [6.45, 7) is 2.14. The largest absolute Gasteiger partial charge is 0.399 e. The second-order valence-corrected chi connectivity index (χ2v) is 7.98. The number of benzene rings is 1. The molecule has 1 unspecified atom stereocenters. The molecular weight excluding hydrogens is 287 g/mol. The molecular formula is C12H17FN2O2S2. The number of hydrogen-bond acceptors (Lipinski definition) is 5. The van der Waals surface area contributed by atoms with Crippen molar-refractivity contribution in [2.24, 2.45) is 0 Å². The summed E-state index contributed by atoms with van der Waals surface area (Å²) in [5.74, 6) is 0.855. The molecule has 1 saturated heterocycles. The van der Waals surface area contributed by atoms with Gasteiger partial charge in [-0.1, -0.05) is 6.92 Å². The smallest absolute Gasteiger partial charge is 0.171 e. The molecule has 2 rings (SSSR count). The maximum absolute atomic E-state index is 14.0. The summed E-state index contributed by atoms with van der Waals surface area (Å²) < 4.78 is 38.2. The van der Waals surface area contributed by atoms with E-state index in [-0.39, 0.29) is 5.75 Å². The lowest BCUT2D eigenvalue weighted by Gasteiger charge is -2.36. The van der Waals surface area contributed by atoms with Gasteiger partial charge in [-0.15, -0.1) is 0 Å². The molecule has 1 fully saturated rings. The Morgan fingerprint density at radius 1 is 1.53 bits per heavy atom. The van der Waals surface area contributed by atoms with Crippen molar-refractivity contribution in [2.75, 3.05) is 34.4 Å². The van der Waals surface area contributed by atoms with Crippen LogP contribution in [0.15, 0.2) is 18.2 Å². The summed E-state index contributed by atoms with van der Waals surface area (Å²) in [5.41, 5.74) is 6.17. The van der Waals surface area contributed by atoms with Crippen molar-refractivity contribution in [1.82, 2.24) is 0 Å². The van der Waals surface area contributed by atoms with E-state index in [1.165, 1.54) is 6.07 Å². The van der Waals surface area contributed by atoms with E-state index in [0.717, 1.165) is 5.75 Å². The number of nitrogens with zero attached hydrogens (tertiary/aromatic N) is 1. The highest BCUT2D eigenvalue weighted by atomic mass is 32.2. The van der Waals surface area contributed by atoms with Crippen LogP contribution in [0.2, 0.25) is 0 Å². The summed E-state index contributed by atoms with van der Waals surface area (Å²) in [6.07, 6.45) is 0. The summed E-state index contributed by atoms with van der Waals surface area (Å²) in [7, 11) is -3.24. The Labute approximate surface area is 117 Å². The topological polar surface area (TPSA) is 63.4 Å². The van der Waals surface area contributed by atoms with Crippen LogP contribution in [0.4, 0.5) is 15.8 Å². The number of rotatable bonds is 3. The minimum atomic E-state index is -3.24. The number of sulfone groups is 1. The molecule has 0 aromatic heterocycles. The molecule has 4 nitrogen and oxygen atoms in total. The first-order valence-corrected chi connectivity index (χ1v) is 8.93. The highest BCUT2D eigenvalue weighted by Gasteiger charge is 2.34.